The minimum absolute atomic E-state index is 0.459. The SMILES string of the molecule is C=CCC1C=C2C=CCC[C@]2(C)[C@H]2CC[C@]3(C)CCC[C@H]3[C@H]12. The zero-order valence-electron chi connectivity index (χ0n) is 14.5. The zero-order valence-corrected chi connectivity index (χ0v) is 14.5. The van der Waals surface area contributed by atoms with Gasteiger partial charge in [0.05, 0.1) is 0 Å². The summed E-state index contributed by atoms with van der Waals surface area (Å²) >= 11 is 0. The van der Waals surface area contributed by atoms with Crippen LogP contribution in [0, 0.1) is 34.5 Å². The molecule has 0 bridgehead atoms. The van der Waals surface area contributed by atoms with Crippen molar-refractivity contribution in [3.8, 4) is 0 Å². The van der Waals surface area contributed by atoms with Crippen LogP contribution in [-0.2, 0) is 0 Å². The van der Waals surface area contributed by atoms with Gasteiger partial charge >= 0.3 is 0 Å². The maximum Gasteiger partial charge on any atom is -0.00443 e. The van der Waals surface area contributed by atoms with Gasteiger partial charge in [-0.15, -0.1) is 6.58 Å². The largest absolute Gasteiger partial charge is 0.103 e. The molecule has 0 N–H and O–H groups in total. The maximum atomic E-state index is 4.07. The minimum atomic E-state index is 0.459. The molecule has 0 radical (unpaired) electrons. The molecule has 0 nitrogen and oxygen atoms in total. The Bertz CT molecular complexity index is 524. The summed E-state index contributed by atoms with van der Waals surface area (Å²) in [7, 11) is 0. The highest BCUT2D eigenvalue weighted by molar-refractivity contribution is 5.35. The third-order valence-electron chi connectivity index (χ3n) is 8.05. The van der Waals surface area contributed by atoms with Gasteiger partial charge in [-0.05, 0) is 85.0 Å². The Balaban J connectivity index is 1.79. The Morgan fingerprint density at radius 1 is 1.18 bits per heavy atom. The molecule has 0 heterocycles. The van der Waals surface area contributed by atoms with Gasteiger partial charge in [0, 0.05) is 0 Å². The van der Waals surface area contributed by atoms with E-state index in [1.165, 1.54) is 51.4 Å². The number of fused-ring (bicyclic) bond motifs is 5. The van der Waals surface area contributed by atoms with Gasteiger partial charge in [-0.2, -0.15) is 0 Å². The number of rotatable bonds is 2. The summed E-state index contributed by atoms with van der Waals surface area (Å²) in [5.41, 5.74) is 2.77. The molecule has 6 atom stereocenters. The molecule has 0 spiro atoms. The van der Waals surface area contributed by atoms with E-state index in [1.54, 1.807) is 5.57 Å². The van der Waals surface area contributed by atoms with E-state index in [1.807, 2.05) is 0 Å². The first-order valence-corrected chi connectivity index (χ1v) is 9.58. The highest BCUT2D eigenvalue weighted by Crippen LogP contribution is 2.65. The highest BCUT2D eigenvalue weighted by Gasteiger charge is 2.57. The van der Waals surface area contributed by atoms with Crippen LogP contribution in [0.25, 0.3) is 0 Å². The summed E-state index contributed by atoms with van der Waals surface area (Å²) in [6.07, 6.45) is 20.9. The number of allylic oxidation sites excluding steroid dienone is 5. The number of hydrogen-bond acceptors (Lipinski definition) is 0. The molecule has 0 aliphatic heterocycles. The fourth-order valence-corrected chi connectivity index (χ4v) is 6.86. The molecule has 4 aliphatic carbocycles. The average Bonchev–Trinajstić information content (AvgIpc) is 2.89. The maximum absolute atomic E-state index is 4.07. The second-order valence-corrected chi connectivity index (χ2v) is 9.04. The molecule has 120 valence electrons. The quantitative estimate of drug-likeness (QED) is 0.524. The van der Waals surface area contributed by atoms with Gasteiger partial charge < -0.3 is 0 Å². The summed E-state index contributed by atoms with van der Waals surface area (Å²) in [5, 5.41) is 0. The van der Waals surface area contributed by atoms with E-state index in [2.05, 4.69) is 44.7 Å². The summed E-state index contributed by atoms with van der Waals surface area (Å²) in [4.78, 5) is 0. The van der Waals surface area contributed by atoms with Crippen LogP contribution >= 0.6 is 0 Å². The van der Waals surface area contributed by atoms with Crippen LogP contribution in [0.4, 0.5) is 0 Å². The van der Waals surface area contributed by atoms with Gasteiger partial charge in [-0.3, -0.25) is 0 Å². The minimum Gasteiger partial charge on any atom is -0.103 e. The van der Waals surface area contributed by atoms with Crippen LogP contribution in [0.2, 0.25) is 0 Å². The summed E-state index contributed by atoms with van der Waals surface area (Å²) in [6, 6.07) is 0. The van der Waals surface area contributed by atoms with Gasteiger partial charge in [-0.25, -0.2) is 0 Å². The van der Waals surface area contributed by atoms with Crippen LogP contribution in [0.15, 0.2) is 36.5 Å². The summed E-state index contributed by atoms with van der Waals surface area (Å²) in [6.45, 7) is 9.26. The predicted octanol–water partition coefficient (Wildman–Crippen LogP) is 6.31. The lowest BCUT2D eigenvalue weighted by Gasteiger charge is -2.58. The molecule has 2 saturated carbocycles. The van der Waals surface area contributed by atoms with Crippen molar-refractivity contribution >= 4 is 0 Å². The summed E-state index contributed by atoms with van der Waals surface area (Å²) < 4.78 is 0. The van der Waals surface area contributed by atoms with E-state index in [9.17, 15) is 0 Å². The third kappa shape index (κ3) is 1.95. The first kappa shape index (κ1) is 14.8. The lowest BCUT2D eigenvalue weighted by atomic mass is 9.46. The normalized spacial score (nSPS) is 49.8. The monoisotopic (exact) mass is 296 g/mol. The fourth-order valence-electron chi connectivity index (χ4n) is 6.86. The van der Waals surface area contributed by atoms with Gasteiger partial charge in [0.2, 0.25) is 0 Å². The van der Waals surface area contributed by atoms with Crippen molar-refractivity contribution in [2.24, 2.45) is 34.5 Å². The predicted molar refractivity (Wildman–Crippen MR) is 94.5 cm³/mol. The Labute approximate surface area is 136 Å². The van der Waals surface area contributed by atoms with E-state index in [-0.39, 0.29) is 0 Å². The molecule has 0 saturated heterocycles. The Morgan fingerprint density at radius 2 is 2.05 bits per heavy atom. The molecule has 0 heteroatoms. The average molecular weight is 296 g/mol. The first-order valence-electron chi connectivity index (χ1n) is 9.58. The molecule has 22 heavy (non-hydrogen) atoms. The Morgan fingerprint density at radius 3 is 2.86 bits per heavy atom. The molecular formula is C22H32. The van der Waals surface area contributed by atoms with Crippen molar-refractivity contribution in [3.05, 3.63) is 36.5 Å². The van der Waals surface area contributed by atoms with Crippen molar-refractivity contribution in [1.82, 2.24) is 0 Å². The molecule has 0 amide bonds. The van der Waals surface area contributed by atoms with Crippen LogP contribution < -0.4 is 0 Å². The first-order chi connectivity index (χ1) is 10.6. The van der Waals surface area contributed by atoms with Gasteiger partial charge in [-0.1, -0.05) is 44.6 Å². The topological polar surface area (TPSA) is 0 Å². The van der Waals surface area contributed by atoms with E-state index in [0.717, 1.165) is 23.7 Å². The van der Waals surface area contributed by atoms with E-state index in [0.29, 0.717) is 10.8 Å². The molecular weight excluding hydrogens is 264 g/mol. The van der Waals surface area contributed by atoms with Gasteiger partial charge in [0.15, 0.2) is 0 Å². The molecule has 1 unspecified atom stereocenters. The molecule has 0 aromatic carbocycles. The lowest BCUT2D eigenvalue weighted by molar-refractivity contribution is -0.0414. The fraction of sp³-hybridized carbons (Fsp3) is 0.727. The van der Waals surface area contributed by atoms with Gasteiger partial charge in [0.1, 0.15) is 0 Å². The second-order valence-electron chi connectivity index (χ2n) is 9.04. The standard InChI is InChI=1S/C22H32/c1-4-8-16-15-17-9-5-6-13-22(17,3)19-11-14-21(2)12-7-10-18(21)20(16)19/h4-5,9,15-16,18-20H,1,6-8,10-14H2,2-3H3/t16?,18-,19-,20-,21-,22-/m0/s1. The van der Waals surface area contributed by atoms with Crippen molar-refractivity contribution in [2.45, 2.75) is 65.2 Å². The second kappa shape index (κ2) is 5.11. The number of hydrogen-bond donors (Lipinski definition) is 0. The van der Waals surface area contributed by atoms with Crippen molar-refractivity contribution in [1.29, 1.82) is 0 Å². The van der Waals surface area contributed by atoms with Crippen molar-refractivity contribution in [3.63, 3.8) is 0 Å². The summed E-state index contributed by atoms with van der Waals surface area (Å²) in [5.74, 6) is 3.55. The van der Waals surface area contributed by atoms with E-state index >= 15 is 0 Å². The van der Waals surface area contributed by atoms with E-state index < -0.39 is 0 Å². The van der Waals surface area contributed by atoms with Crippen LogP contribution in [-0.4, -0.2) is 0 Å². The molecule has 0 aromatic rings. The molecule has 0 aromatic heterocycles. The smallest absolute Gasteiger partial charge is 0.00443 e. The molecule has 2 fully saturated rings. The molecule has 4 aliphatic rings. The Hall–Kier alpha value is -0.780. The molecule has 4 rings (SSSR count). The van der Waals surface area contributed by atoms with Crippen molar-refractivity contribution < 1.29 is 0 Å². The third-order valence-corrected chi connectivity index (χ3v) is 8.05. The van der Waals surface area contributed by atoms with Crippen LogP contribution in [0.1, 0.15) is 65.2 Å². The van der Waals surface area contributed by atoms with Crippen LogP contribution in [0.5, 0.6) is 0 Å². The van der Waals surface area contributed by atoms with Crippen molar-refractivity contribution in [2.75, 3.05) is 0 Å². The lowest BCUT2D eigenvalue weighted by Crippen LogP contribution is -2.50. The zero-order chi connectivity index (χ0) is 15.4. The van der Waals surface area contributed by atoms with Crippen LogP contribution in [0.3, 0.4) is 0 Å². The van der Waals surface area contributed by atoms with E-state index in [4.69, 9.17) is 0 Å². The van der Waals surface area contributed by atoms with Gasteiger partial charge in [0.25, 0.3) is 0 Å². The Kier molecular flexibility index (Phi) is 3.44. The highest BCUT2D eigenvalue weighted by atomic mass is 14.6.